The SMILES string of the molecule is NCCCNC(=O)c1nc2ccccc2c(=O)[nH]1. The number of H-pyrrole nitrogens is 1. The van der Waals surface area contributed by atoms with E-state index in [1.54, 1.807) is 24.3 Å². The maximum absolute atomic E-state index is 11.7. The van der Waals surface area contributed by atoms with Crippen LogP contribution in [0, 0.1) is 0 Å². The molecule has 1 heterocycles. The Hall–Kier alpha value is -2.21. The Morgan fingerprint density at radius 1 is 1.39 bits per heavy atom. The second-order valence-corrected chi connectivity index (χ2v) is 3.83. The van der Waals surface area contributed by atoms with Gasteiger partial charge in [0.1, 0.15) is 0 Å². The minimum Gasteiger partial charge on any atom is -0.349 e. The molecule has 0 unspecified atom stereocenters. The van der Waals surface area contributed by atoms with E-state index in [9.17, 15) is 9.59 Å². The monoisotopic (exact) mass is 246 g/mol. The summed E-state index contributed by atoms with van der Waals surface area (Å²) in [4.78, 5) is 30.1. The summed E-state index contributed by atoms with van der Waals surface area (Å²) in [5, 5.41) is 3.11. The topological polar surface area (TPSA) is 101 Å². The average Bonchev–Trinajstić information content (AvgIpc) is 2.39. The highest BCUT2D eigenvalue weighted by Gasteiger charge is 2.10. The molecule has 0 atom stereocenters. The Bertz CT molecular complexity index is 621. The third kappa shape index (κ3) is 2.54. The second kappa shape index (κ2) is 5.42. The molecule has 94 valence electrons. The van der Waals surface area contributed by atoms with Crippen LogP contribution in [0.15, 0.2) is 29.1 Å². The van der Waals surface area contributed by atoms with Crippen LogP contribution in [0.5, 0.6) is 0 Å². The van der Waals surface area contributed by atoms with Crippen molar-refractivity contribution in [3.63, 3.8) is 0 Å². The van der Waals surface area contributed by atoms with E-state index in [0.29, 0.717) is 30.4 Å². The van der Waals surface area contributed by atoms with Gasteiger partial charge in [-0.3, -0.25) is 9.59 Å². The lowest BCUT2D eigenvalue weighted by atomic mass is 10.2. The maximum Gasteiger partial charge on any atom is 0.287 e. The van der Waals surface area contributed by atoms with Crippen molar-refractivity contribution < 1.29 is 4.79 Å². The summed E-state index contributed by atoms with van der Waals surface area (Å²) in [6, 6.07) is 6.88. The molecule has 2 rings (SSSR count). The van der Waals surface area contributed by atoms with Crippen LogP contribution >= 0.6 is 0 Å². The van der Waals surface area contributed by atoms with E-state index in [4.69, 9.17) is 5.73 Å². The van der Waals surface area contributed by atoms with Crippen molar-refractivity contribution in [2.45, 2.75) is 6.42 Å². The normalized spacial score (nSPS) is 10.5. The van der Waals surface area contributed by atoms with Gasteiger partial charge in [0.25, 0.3) is 11.5 Å². The minimum absolute atomic E-state index is 0.0238. The Morgan fingerprint density at radius 2 is 2.17 bits per heavy atom. The standard InChI is InChI=1S/C12H14N4O2/c13-6-3-7-14-12(18)10-15-9-5-2-1-4-8(9)11(17)16-10/h1-2,4-5H,3,6-7,13H2,(H,14,18)(H,15,16,17). The lowest BCUT2D eigenvalue weighted by molar-refractivity contribution is 0.0943. The Labute approximate surface area is 103 Å². The van der Waals surface area contributed by atoms with Gasteiger partial charge in [0.15, 0.2) is 5.82 Å². The molecule has 6 nitrogen and oxygen atoms in total. The zero-order valence-corrected chi connectivity index (χ0v) is 9.77. The van der Waals surface area contributed by atoms with Crippen molar-refractivity contribution in [3.05, 3.63) is 40.4 Å². The zero-order valence-electron chi connectivity index (χ0n) is 9.77. The molecule has 0 aliphatic rings. The molecule has 0 spiro atoms. The van der Waals surface area contributed by atoms with E-state index in [1.165, 1.54) is 0 Å². The number of hydrogen-bond acceptors (Lipinski definition) is 4. The number of carbonyl (C=O) groups excluding carboxylic acids is 1. The van der Waals surface area contributed by atoms with Gasteiger partial charge in [-0.05, 0) is 25.1 Å². The Morgan fingerprint density at radius 3 is 2.94 bits per heavy atom. The molecule has 18 heavy (non-hydrogen) atoms. The largest absolute Gasteiger partial charge is 0.349 e. The summed E-state index contributed by atoms with van der Waals surface area (Å²) in [6.07, 6.45) is 0.684. The molecule has 0 bridgehead atoms. The summed E-state index contributed by atoms with van der Waals surface area (Å²) < 4.78 is 0. The predicted octanol–water partition coefficient (Wildman–Crippen LogP) is 0.00170. The lowest BCUT2D eigenvalue weighted by Crippen LogP contribution is -2.29. The number of carbonyl (C=O) groups is 1. The van der Waals surface area contributed by atoms with Crippen molar-refractivity contribution in [1.82, 2.24) is 15.3 Å². The molecule has 6 heteroatoms. The number of aromatic nitrogens is 2. The summed E-state index contributed by atoms with van der Waals surface area (Å²) in [7, 11) is 0. The van der Waals surface area contributed by atoms with Crippen molar-refractivity contribution in [2.24, 2.45) is 5.73 Å². The number of rotatable bonds is 4. The number of nitrogens with two attached hydrogens (primary N) is 1. The molecular formula is C12H14N4O2. The molecule has 0 radical (unpaired) electrons. The van der Waals surface area contributed by atoms with Crippen molar-refractivity contribution in [1.29, 1.82) is 0 Å². The molecule has 0 fully saturated rings. The quantitative estimate of drug-likeness (QED) is 0.661. The van der Waals surface area contributed by atoms with Gasteiger partial charge in [0.05, 0.1) is 10.9 Å². The van der Waals surface area contributed by atoms with E-state index in [-0.39, 0.29) is 11.4 Å². The van der Waals surface area contributed by atoms with E-state index in [0.717, 1.165) is 0 Å². The lowest BCUT2D eigenvalue weighted by Gasteiger charge is -2.04. The van der Waals surface area contributed by atoms with Crippen LogP contribution in [0.2, 0.25) is 0 Å². The highest BCUT2D eigenvalue weighted by molar-refractivity contribution is 5.92. The number of benzene rings is 1. The first-order valence-corrected chi connectivity index (χ1v) is 5.69. The maximum atomic E-state index is 11.7. The van der Waals surface area contributed by atoms with Crippen LogP contribution in [0.1, 0.15) is 17.0 Å². The van der Waals surface area contributed by atoms with Crippen LogP contribution in [0.3, 0.4) is 0 Å². The summed E-state index contributed by atoms with van der Waals surface area (Å²) >= 11 is 0. The third-order valence-electron chi connectivity index (χ3n) is 2.49. The van der Waals surface area contributed by atoms with Gasteiger partial charge in [0, 0.05) is 6.54 Å². The fraction of sp³-hybridized carbons (Fsp3) is 0.250. The van der Waals surface area contributed by atoms with Crippen LogP contribution in [0.25, 0.3) is 10.9 Å². The first-order chi connectivity index (χ1) is 8.72. The molecule has 1 aromatic heterocycles. The molecule has 0 saturated heterocycles. The molecule has 1 aromatic carbocycles. The van der Waals surface area contributed by atoms with E-state index < -0.39 is 5.91 Å². The van der Waals surface area contributed by atoms with Gasteiger partial charge < -0.3 is 16.0 Å². The fourth-order valence-corrected chi connectivity index (χ4v) is 1.58. The van der Waals surface area contributed by atoms with Crippen molar-refractivity contribution >= 4 is 16.8 Å². The smallest absolute Gasteiger partial charge is 0.287 e. The van der Waals surface area contributed by atoms with E-state index in [2.05, 4.69) is 15.3 Å². The molecule has 1 amide bonds. The van der Waals surface area contributed by atoms with Crippen LogP contribution in [-0.4, -0.2) is 29.0 Å². The molecule has 0 saturated carbocycles. The molecule has 0 aliphatic heterocycles. The van der Waals surface area contributed by atoms with Crippen LogP contribution < -0.4 is 16.6 Å². The second-order valence-electron chi connectivity index (χ2n) is 3.83. The van der Waals surface area contributed by atoms with Crippen molar-refractivity contribution in [3.8, 4) is 0 Å². The number of amides is 1. The average molecular weight is 246 g/mol. The van der Waals surface area contributed by atoms with Crippen LogP contribution in [0.4, 0.5) is 0 Å². The van der Waals surface area contributed by atoms with E-state index >= 15 is 0 Å². The first kappa shape index (κ1) is 12.3. The van der Waals surface area contributed by atoms with Gasteiger partial charge in [-0.1, -0.05) is 12.1 Å². The Balaban J connectivity index is 2.29. The zero-order chi connectivity index (χ0) is 13.0. The van der Waals surface area contributed by atoms with E-state index in [1.807, 2.05) is 0 Å². The third-order valence-corrected chi connectivity index (χ3v) is 2.49. The van der Waals surface area contributed by atoms with Crippen molar-refractivity contribution in [2.75, 3.05) is 13.1 Å². The summed E-state index contributed by atoms with van der Waals surface area (Å²) in [5.74, 6) is -0.373. The number of nitrogens with zero attached hydrogens (tertiary/aromatic N) is 1. The molecule has 2 aromatic rings. The number of fused-ring (bicyclic) bond motifs is 1. The fourth-order valence-electron chi connectivity index (χ4n) is 1.58. The molecule has 0 aliphatic carbocycles. The molecule has 4 N–H and O–H groups in total. The summed E-state index contributed by atoms with van der Waals surface area (Å²) in [6.45, 7) is 0.966. The van der Waals surface area contributed by atoms with Crippen LogP contribution in [-0.2, 0) is 0 Å². The number of hydrogen-bond donors (Lipinski definition) is 3. The van der Waals surface area contributed by atoms with Gasteiger partial charge >= 0.3 is 0 Å². The number of para-hydroxylation sites is 1. The number of nitrogens with one attached hydrogen (secondary N) is 2. The highest BCUT2D eigenvalue weighted by atomic mass is 16.2. The predicted molar refractivity (Wildman–Crippen MR) is 68.4 cm³/mol. The number of aromatic amines is 1. The minimum atomic E-state index is -0.397. The van der Waals surface area contributed by atoms with Gasteiger partial charge in [0.2, 0.25) is 0 Å². The summed E-state index contributed by atoms with van der Waals surface area (Å²) in [5.41, 5.74) is 5.52. The van der Waals surface area contributed by atoms with Gasteiger partial charge in [-0.15, -0.1) is 0 Å². The van der Waals surface area contributed by atoms with Gasteiger partial charge in [-0.2, -0.15) is 0 Å². The first-order valence-electron chi connectivity index (χ1n) is 5.69. The highest BCUT2D eigenvalue weighted by Crippen LogP contribution is 2.05. The Kier molecular flexibility index (Phi) is 3.69. The molecular weight excluding hydrogens is 232 g/mol. The van der Waals surface area contributed by atoms with Gasteiger partial charge in [-0.25, -0.2) is 4.98 Å².